The number of morpholine rings is 1. The summed E-state index contributed by atoms with van der Waals surface area (Å²) in [6.45, 7) is 5.01. The number of ether oxygens (including phenoxy) is 1. The maximum atomic E-state index is 11.6. The third-order valence-electron chi connectivity index (χ3n) is 3.66. The van der Waals surface area contributed by atoms with Crippen LogP contribution in [0.25, 0.3) is 0 Å². The third-order valence-corrected chi connectivity index (χ3v) is 3.66. The van der Waals surface area contributed by atoms with Crippen LogP contribution >= 0.6 is 0 Å². The molecule has 3 atom stereocenters. The van der Waals surface area contributed by atoms with Gasteiger partial charge in [-0.1, -0.05) is 0 Å². The van der Waals surface area contributed by atoms with Gasteiger partial charge in [-0.3, -0.25) is 9.69 Å². The first kappa shape index (κ1) is 12.8. The van der Waals surface area contributed by atoms with Gasteiger partial charge >= 0.3 is 0 Å². The van der Waals surface area contributed by atoms with Crippen LogP contribution in [0, 0.1) is 0 Å². The van der Waals surface area contributed by atoms with Crippen LogP contribution in [0.15, 0.2) is 0 Å². The summed E-state index contributed by atoms with van der Waals surface area (Å²) in [5.41, 5.74) is 5.80. The molecule has 17 heavy (non-hydrogen) atoms. The third kappa shape index (κ3) is 3.18. The summed E-state index contributed by atoms with van der Waals surface area (Å²) in [5.74, 6) is 0.0989. The van der Waals surface area contributed by atoms with E-state index in [1.165, 1.54) is 0 Å². The number of nitrogens with two attached hydrogens (primary N) is 1. The zero-order valence-corrected chi connectivity index (χ0v) is 10.5. The van der Waals surface area contributed by atoms with Crippen molar-refractivity contribution >= 4 is 5.91 Å². The molecule has 0 aromatic carbocycles. The zero-order chi connectivity index (χ0) is 12.3. The van der Waals surface area contributed by atoms with Crippen LogP contribution in [0.1, 0.15) is 26.2 Å². The highest BCUT2D eigenvalue weighted by Gasteiger charge is 2.36. The van der Waals surface area contributed by atoms with Gasteiger partial charge in [-0.05, 0) is 19.8 Å². The summed E-state index contributed by atoms with van der Waals surface area (Å²) in [4.78, 5) is 13.9. The normalized spacial score (nSPS) is 30.2. The van der Waals surface area contributed by atoms with E-state index in [4.69, 9.17) is 10.5 Å². The lowest BCUT2D eigenvalue weighted by molar-refractivity contribution is -0.123. The van der Waals surface area contributed by atoms with Crippen molar-refractivity contribution in [3.63, 3.8) is 0 Å². The second kappa shape index (κ2) is 5.80. The number of hydrogen-bond donors (Lipinski definition) is 2. The number of likely N-dealkylation sites (tertiary alicyclic amines) is 1. The average Bonchev–Trinajstić information content (AvgIpc) is 2.65. The van der Waals surface area contributed by atoms with E-state index in [0.29, 0.717) is 31.7 Å². The molecule has 0 radical (unpaired) electrons. The van der Waals surface area contributed by atoms with Gasteiger partial charge in [-0.15, -0.1) is 0 Å². The van der Waals surface area contributed by atoms with Crippen molar-refractivity contribution in [3.05, 3.63) is 0 Å². The van der Waals surface area contributed by atoms with Gasteiger partial charge in [0.15, 0.2) is 0 Å². The molecular formula is C12H23N3O2. The number of nitrogens with one attached hydrogen (secondary N) is 1. The summed E-state index contributed by atoms with van der Waals surface area (Å²) in [7, 11) is 0. The van der Waals surface area contributed by atoms with Gasteiger partial charge in [0.2, 0.25) is 5.91 Å². The Balaban J connectivity index is 1.87. The fourth-order valence-electron chi connectivity index (χ4n) is 2.79. The Hall–Kier alpha value is -0.650. The molecule has 2 heterocycles. The van der Waals surface area contributed by atoms with Crippen molar-refractivity contribution in [3.8, 4) is 0 Å². The van der Waals surface area contributed by atoms with Crippen LogP contribution in [0.4, 0.5) is 0 Å². The minimum atomic E-state index is 0.0989. The van der Waals surface area contributed by atoms with Crippen molar-refractivity contribution < 1.29 is 9.53 Å². The number of carbonyl (C=O) groups is 1. The number of amides is 1. The SMILES string of the molecule is CCNC(=O)CC(CN)N1CC2CCC(C1)O2. The molecule has 5 nitrogen and oxygen atoms in total. The van der Waals surface area contributed by atoms with Crippen LogP contribution < -0.4 is 11.1 Å². The quantitative estimate of drug-likeness (QED) is 0.693. The topological polar surface area (TPSA) is 67.6 Å². The first-order valence-electron chi connectivity index (χ1n) is 6.59. The summed E-state index contributed by atoms with van der Waals surface area (Å²) in [6.07, 6.45) is 3.53. The minimum Gasteiger partial charge on any atom is -0.372 e. The molecule has 2 saturated heterocycles. The fraction of sp³-hybridized carbons (Fsp3) is 0.917. The van der Waals surface area contributed by atoms with E-state index in [-0.39, 0.29) is 11.9 Å². The van der Waals surface area contributed by atoms with Gasteiger partial charge < -0.3 is 15.8 Å². The monoisotopic (exact) mass is 241 g/mol. The van der Waals surface area contributed by atoms with E-state index in [1.54, 1.807) is 0 Å². The second-order valence-electron chi connectivity index (χ2n) is 4.96. The number of carbonyl (C=O) groups excluding carboxylic acids is 1. The summed E-state index contributed by atoms with van der Waals surface area (Å²) in [6, 6.07) is 0.161. The Morgan fingerprint density at radius 2 is 2.12 bits per heavy atom. The molecule has 0 aromatic rings. The van der Waals surface area contributed by atoms with Gasteiger partial charge in [0.1, 0.15) is 0 Å². The maximum Gasteiger partial charge on any atom is 0.221 e. The summed E-state index contributed by atoms with van der Waals surface area (Å²) >= 11 is 0. The number of fused-ring (bicyclic) bond motifs is 2. The molecule has 0 aromatic heterocycles. The van der Waals surface area contributed by atoms with E-state index in [2.05, 4.69) is 10.2 Å². The predicted octanol–water partition coefficient (Wildman–Crippen LogP) is -0.297. The van der Waals surface area contributed by atoms with Crippen LogP contribution in [0.2, 0.25) is 0 Å². The van der Waals surface area contributed by atoms with Crippen LogP contribution in [0.5, 0.6) is 0 Å². The molecule has 2 bridgehead atoms. The van der Waals surface area contributed by atoms with Crippen LogP contribution in [0.3, 0.4) is 0 Å². The Bertz CT molecular complexity index is 260. The summed E-state index contributed by atoms with van der Waals surface area (Å²) in [5, 5.41) is 2.84. The Morgan fingerprint density at radius 1 is 1.47 bits per heavy atom. The molecule has 2 fully saturated rings. The number of rotatable bonds is 5. The molecule has 3 unspecified atom stereocenters. The Kier molecular flexibility index (Phi) is 4.36. The van der Waals surface area contributed by atoms with Crippen molar-refractivity contribution in [2.45, 2.75) is 44.4 Å². The second-order valence-corrected chi connectivity index (χ2v) is 4.96. The van der Waals surface area contributed by atoms with E-state index in [1.807, 2.05) is 6.92 Å². The van der Waals surface area contributed by atoms with E-state index in [9.17, 15) is 4.79 Å². The van der Waals surface area contributed by atoms with Crippen molar-refractivity contribution in [2.24, 2.45) is 5.73 Å². The highest BCUT2D eigenvalue weighted by molar-refractivity contribution is 5.76. The molecule has 5 heteroatoms. The fourth-order valence-corrected chi connectivity index (χ4v) is 2.79. The van der Waals surface area contributed by atoms with E-state index in [0.717, 1.165) is 25.9 Å². The standard InChI is InChI=1S/C12H23N3O2/c1-2-14-12(16)5-9(6-13)15-7-10-3-4-11(8-15)17-10/h9-11H,2-8,13H2,1H3,(H,14,16). The lowest BCUT2D eigenvalue weighted by Crippen LogP contribution is -2.51. The Labute approximate surface area is 103 Å². The van der Waals surface area contributed by atoms with Gasteiger partial charge in [0, 0.05) is 38.6 Å². The first-order valence-corrected chi connectivity index (χ1v) is 6.59. The first-order chi connectivity index (χ1) is 8.22. The number of hydrogen-bond acceptors (Lipinski definition) is 4. The van der Waals surface area contributed by atoms with Crippen LogP contribution in [-0.2, 0) is 9.53 Å². The van der Waals surface area contributed by atoms with Gasteiger partial charge in [-0.2, -0.15) is 0 Å². The lowest BCUT2D eigenvalue weighted by Gasteiger charge is -2.37. The molecule has 0 aliphatic carbocycles. The van der Waals surface area contributed by atoms with Gasteiger partial charge in [0.05, 0.1) is 12.2 Å². The molecule has 2 aliphatic rings. The molecule has 2 aliphatic heterocycles. The Morgan fingerprint density at radius 3 is 2.65 bits per heavy atom. The average molecular weight is 241 g/mol. The van der Waals surface area contributed by atoms with E-state index < -0.39 is 0 Å². The molecule has 0 spiro atoms. The largest absolute Gasteiger partial charge is 0.372 e. The molecule has 3 N–H and O–H groups in total. The molecular weight excluding hydrogens is 218 g/mol. The van der Waals surface area contributed by atoms with Gasteiger partial charge in [-0.25, -0.2) is 0 Å². The minimum absolute atomic E-state index is 0.0989. The summed E-state index contributed by atoms with van der Waals surface area (Å²) < 4.78 is 5.79. The van der Waals surface area contributed by atoms with Crippen molar-refractivity contribution in [1.29, 1.82) is 0 Å². The lowest BCUT2D eigenvalue weighted by atomic mass is 10.1. The zero-order valence-electron chi connectivity index (χ0n) is 10.5. The molecule has 1 amide bonds. The predicted molar refractivity (Wildman–Crippen MR) is 65.6 cm³/mol. The smallest absolute Gasteiger partial charge is 0.221 e. The van der Waals surface area contributed by atoms with Crippen molar-refractivity contribution in [1.82, 2.24) is 10.2 Å². The van der Waals surface area contributed by atoms with Crippen molar-refractivity contribution in [2.75, 3.05) is 26.2 Å². The van der Waals surface area contributed by atoms with Crippen LogP contribution in [-0.4, -0.2) is 55.2 Å². The van der Waals surface area contributed by atoms with Gasteiger partial charge in [0.25, 0.3) is 0 Å². The molecule has 2 rings (SSSR count). The highest BCUT2D eigenvalue weighted by Crippen LogP contribution is 2.27. The highest BCUT2D eigenvalue weighted by atomic mass is 16.5. The molecule has 98 valence electrons. The maximum absolute atomic E-state index is 11.6. The van der Waals surface area contributed by atoms with E-state index >= 15 is 0 Å². The number of nitrogens with zero attached hydrogens (tertiary/aromatic N) is 1. The molecule has 0 saturated carbocycles.